The number of anilines is 1. The zero-order valence-corrected chi connectivity index (χ0v) is 7.81. The van der Waals surface area contributed by atoms with Gasteiger partial charge in [0.2, 0.25) is 0 Å². The van der Waals surface area contributed by atoms with Gasteiger partial charge in [-0.3, -0.25) is 9.97 Å². The molecule has 0 unspecified atom stereocenters. The number of nitrogens with two attached hydrogens (primary N) is 1. The molecule has 0 aliphatic heterocycles. The highest BCUT2D eigenvalue weighted by Crippen LogP contribution is 2.19. The van der Waals surface area contributed by atoms with Crippen molar-refractivity contribution in [1.29, 1.82) is 0 Å². The Morgan fingerprint density at radius 1 is 1.14 bits per heavy atom. The largest absolute Gasteiger partial charge is 0.382 e. The van der Waals surface area contributed by atoms with Crippen LogP contribution in [0.15, 0.2) is 30.9 Å². The second-order valence-electron chi connectivity index (χ2n) is 3.02. The first-order valence-corrected chi connectivity index (χ1v) is 4.26. The quantitative estimate of drug-likeness (QED) is 0.731. The van der Waals surface area contributed by atoms with Gasteiger partial charge in [0.05, 0.1) is 18.1 Å². The van der Waals surface area contributed by atoms with Crippen LogP contribution in [0, 0.1) is 6.92 Å². The molecule has 0 spiro atoms. The normalized spacial score (nSPS) is 10.1. The second-order valence-corrected chi connectivity index (χ2v) is 3.02. The van der Waals surface area contributed by atoms with E-state index in [1.54, 1.807) is 18.6 Å². The maximum absolute atomic E-state index is 5.55. The Hall–Kier alpha value is -1.97. The van der Waals surface area contributed by atoms with E-state index in [9.17, 15) is 0 Å². The Bertz CT molecular complexity index is 453. The molecule has 2 aromatic heterocycles. The summed E-state index contributed by atoms with van der Waals surface area (Å²) in [5.41, 5.74) is 8.39. The molecule has 0 aliphatic carbocycles. The summed E-state index contributed by atoms with van der Waals surface area (Å²) in [6, 6.07) is 1.93. The van der Waals surface area contributed by atoms with Gasteiger partial charge in [-0.2, -0.15) is 0 Å². The van der Waals surface area contributed by atoms with Crippen LogP contribution in [0.25, 0.3) is 11.3 Å². The van der Waals surface area contributed by atoms with Gasteiger partial charge >= 0.3 is 0 Å². The van der Waals surface area contributed by atoms with Crippen molar-refractivity contribution in [2.75, 3.05) is 5.73 Å². The monoisotopic (exact) mass is 186 g/mol. The van der Waals surface area contributed by atoms with Crippen molar-refractivity contribution in [2.24, 2.45) is 0 Å². The van der Waals surface area contributed by atoms with Gasteiger partial charge in [-0.05, 0) is 18.6 Å². The molecule has 0 amide bonds. The predicted octanol–water partition coefficient (Wildman–Crippen LogP) is 1.43. The summed E-state index contributed by atoms with van der Waals surface area (Å²) in [5.74, 6) is 0.422. The third-order valence-electron chi connectivity index (χ3n) is 1.97. The van der Waals surface area contributed by atoms with E-state index >= 15 is 0 Å². The summed E-state index contributed by atoms with van der Waals surface area (Å²) in [4.78, 5) is 12.2. The standard InChI is InChI=1S/C10H10N4/c1-7-2-3-12-4-8(7)9-5-13-6-10(11)14-9/h2-6H,1H3,(H2,11,14). The Labute approximate surface area is 81.9 Å². The Balaban J connectivity index is 2.55. The smallest absolute Gasteiger partial charge is 0.142 e. The molecule has 2 rings (SSSR count). The number of pyridine rings is 1. The zero-order chi connectivity index (χ0) is 9.97. The molecule has 4 nitrogen and oxygen atoms in total. The van der Waals surface area contributed by atoms with Gasteiger partial charge in [0.1, 0.15) is 5.82 Å². The van der Waals surface area contributed by atoms with E-state index in [1.807, 2.05) is 13.0 Å². The SMILES string of the molecule is Cc1ccncc1-c1cncc(N)n1. The fourth-order valence-corrected chi connectivity index (χ4v) is 1.24. The van der Waals surface area contributed by atoms with Crippen LogP contribution in [-0.2, 0) is 0 Å². The highest BCUT2D eigenvalue weighted by molar-refractivity contribution is 5.62. The first kappa shape index (κ1) is 8.62. The molecule has 0 bridgehead atoms. The lowest BCUT2D eigenvalue weighted by Crippen LogP contribution is -1.95. The molecule has 14 heavy (non-hydrogen) atoms. The van der Waals surface area contributed by atoms with Gasteiger partial charge in [-0.15, -0.1) is 0 Å². The predicted molar refractivity (Wildman–Crippen MR) is 54.4 cm³/mol. The highest BCUT2D eigenvalue weighted by Gasteiger charge is 2.03. The molecule has 0 fully saturated rings. The van der Waals surface area contributed by atoms with E-state index in [2.05, 4.69) is 15.0 Å². The molecule has 0 aromatic carbocycles. The average Bonchev–Trinajstić information content (AvgIpc) is 2.18. The molecule has 0 aliphatic rings. The molecule has 4 heteroatoms. The number of rotatable bonds is 1. The third kappa shape index (κ3) is 1.54. The number of aryl methyl sites for hydroxylation is 1. The van der Waals surface area contributed by atoms with Crippen LogP contribution in [0.2, 0.25) is 0 Å². The number of nitrogens with zero attached hydrogens (tertiary/aromatic N) is 3. The molecule has 0 radical (unpaired) electrons. The highest BCUT2D eigenvalue weighted by atomic mass is 14.9. The van der Waals surface area contributed by atoms with Gasteiger partial charge in [0, 0.05) is 18.0 Å². The third-order valence-corrected chi connectivity index (χ3v) is 1.97. The van der Waals surface area contributed by atoms with Crippen molar-refractivity contribution in [1.82, 2.24) is 15.0 Å². The van der Waals surface area contributed by atoms with Gasteiger partial charge in [-0.1, -0.05) is 0 Å². The van der Waals surface area contributed by atoms with Crippen molar-refractivity contribution < 1.29 is 0 Å². The topological polar surface area (TPSA) is 64.7 Å². The van der Waals surface area contributed by atoms with E-state index in [-0.39, 0.29) is 0 Å². The first-order chi connectivity index (χ1) is 6.77. The lowest BCUT2D eigenvalue weighted by molar-refractivity contribution is 1.19. The van der Waals surface area contributed by atoms with E-state index in [0.717, 1.165) is 16.8 Å². The van der Waals surface area contributed by atoms with Gasteiger partial charge < -0.3 is 5.73 Å². The van der Waals surface area contributed by atoms with E-state index < -0.39 is 0 Å². The van der Waals surface area contributed by atoms with Crippen molar-refractivity contribution in [3.63, 3.8) is 0 Å². The minimum Gasteiger partial charge on any atom is -0.382 e. The molecule has 2 N–H and O–H groups in total. The molecular weight excluding hydrogens is 176 g/mol. The molecule has 2 heterocycles. The molecule has 0 saturated carbocycles. The summed E-state index contributed by atoms with van der Waals surface area (Å²) in [6.45, 7) is 2.00. The van der Waals surface area contributed by atoms with Crippen LogP contribution in [0.3, 0.4) is 0 Å². The summed E-state index contributed by atoms with van der Waals surface area (Å²) >= 11 is 0. The van der Waals surface area contributed by atoms with E-state index in [1.165, 1.54) is 6.20 Å². The minimum absolute atomic E-state index is 0.422. The molecule has 2 aromatic rings. The van der Waals surface area contributed by atoms with Gasteiger partial charge in [0.15, 0.2) is 0 Å². The van der Waals surface area contributed by atoms with E-state index in [4.69, 9.17) is 5.73 Å². The maximum Gasteiger partial charge on any atom is 0.142 e. The molecule has 70 valence electrons. The van der Waals surface area contributed by atoms with Gasteiger partial charge in [0.25, 0.3) is 0 Å². The van der Waals surface area contributed by atoms with Crippen molar-refractivity contribution in [3.05, 3.63) is 36.4 Å². The number of nitrogen functional groups attached to an aromatic ring is 1. The number of hydrogen-bond acceptors (Lipinski definition) is 4. The summed E-state index contributed by atoms with van der Waals surface area (Å²) in [6.07, 6.45) is 6.72. The minimum atomic E-state index is 0.422. The Morgan fingerprint density at radius 2 is 2.00 bits per heavy atom. The van der Waals surface area contributed by atoms with Crippen LogP contribution < -0.4 is 5.73 Å². The second kappa shape index (κ2) is 3.41. The van der Waals surface area contributed by atoms with Crippen molar-refractivity contribution in [3.8, 4) is 11.3 Å². The van der Waals surface area contributed by atoms with Crippen LogP contribution in [-0.4, -0.2) is 15.0 Å². The van der Waals surface area contributed by atoms with Crippen molar-refractivity contribution in [2.45, 2.75) is 6.92 Å². The first-order valence-electron chi connectivity index (χ1n) is 4.26. The number of aromatic nitrogens is 3. The van der Waals surface area contributed by atoms with Crippen LogP contribution in [0.1, 0.15) is 5.56 Å². The van der Waals surface area contributed by atoms with Crippen LogP contribution >= 0.6 is 0 Å². The Morgan fingerprint density at radius 3 is 2.71 bits per heavy atom. The lowest BCUT2D eigenvalue weighted by atomic mass is 10.1. The fourth-order valence-electron chi connectivity index (χ4n) is 1.24. The van der Waals surface area contributed by atoms with Gasteiger partial charge in [-0.25, -0.2) is 4.98 Å². The van der Waals surface area contributed by atoms with Crippen LogP contribution in [0.5, 0.6) is 0 Å². The number of hydrogen-bond donors (Lipinski definition) is 1. The molecule has 0 atom stereocenters. The van der Waals surface area contributed by atoms with E-state index in [0.29, 0.717) is 5.82 Å². The lowest BCUT2D eigenvalue weighted by Gasteiger charge is -2.03. The molecule has 0 saturated heterocycles. The van der Waals surface area contributed by atoms with Crippen molar-refractivity contribution >= 4 is 5.82 Å². The molecular formula is C10H10N4. The fraction of sp³-hybridized carbons (Fsp3) is 0.100. The average molecular weight is 186 g/mol. The summed E-state index contributed by atoms with van der Waals surface area (Å²) in [7, 11) is 0. The van der Waals surface area contributed by atoms with Crippen LogP contribution in [0.4, 0.5) is 5.82 Å². The zero-order valence-electron chi connectivity index (χ0n) is 7.81. The Kier molecular flexibility index (Phi) is 2.10. The maximum atomic E-state index is 5.55. The summed E-state index contributed by atoms with van der Waals surface area (Å²) in [5, 5.41) is 0. The summed E-state index contributed by atoms with van der Waals surface area (Å²) < 4.78 is 0.